The summed E-state index contributed by atoms with van der Waals surface area (Å²) in [5.41, 5.74) is 6.13. The van der Waals surface area contributed by atoms with Crippen molar-refractivity contribution >= 4 is 0 Å². The Hall–Kier alpha value is -1.21. The molecule has 0 aliphatic rings. The predicted molar refractivity (Wildman–Crippen MR) is 55.3 cm³/mol. The van der Waals surface area contributed by atoms with Gasteiger partial charge in [0.2, 0.25) is 5.82 Å². The molecule has 0 amide bonds. The Morgan fingerprint density at radius 3 is 2.35 bits per heavy atom. The zero-order chi connectivity index (χ0) is 12.9. The van der Waals surface area contributed by atoms with Crippen LogP contribution in [0, 0.1) is 0 Å². The number of methoxy groups -OCH3 is 1. The van der Waals surface area contributed by atoms with Crippen LogP contribution >= 0.6 is 0 Å². The topological polar surface area (TPSA) is 61.0 Å². The van der Waals surface area contributed by atoms with Gasteiger partial charge in [-0.2, -0.15) is 13.2 Å². The largest absolute Gasteiger partial charge is 0.451 e. The Bertz CT molecular complexity index is 340. The second-order valence-electron chi connectivity index (χ2n) is 3.55. The van der Waals surface area contributed by atoms with E-state index in [2.05, 4.69) is 9.97 Å². The molecular weight excluding hydrogens is 235 g/mol. The molecule has 0 fully saturated rings. The van der Waals surface area contributed by atoms with Gasteiger partial charge in [-0.05, 0) is 18.5 Å². The SMILES string of the molecule is COCCC(CN)c1cnc(C(F)(F)F)nc1. The van der Waals surface area contributed by atoms with Gasteiger partial charge in [-0.1, -0.05) is 0 Å². The number of rotatable bonds is 5. The minimum Gasteiger partial charge on any atom is -0.385 e. The van der Waals surface area contributed by atoms with Crippen molar-refractivity contribution in [3.63, 3.8) is 0 Å². The number of aromatic nitrogens is 2. The normalized spacial score (nSPS) is 13.7. The van der Waals surface area contributed by atoms with E-state index in [1.54, 1.807) is 7.11 Å². The first-order valence-corrected chi connectivity index (χ1v) is 5.07. The molecule has 0 spiro atoms. The summed E-state index contributed by atoms with van der Waals surface area (Å²) >= 11 is 0. The van der Waals surface area contributed by atoms with Crippen LogP contribution in [0.4, 0.5) is 13.2 Å². The molecule has 96 valence electrons. The van der Waals surface area contributed by atoms with Gasteiger partial charge in [-0.3, -0.25) is 0 Å². The molecule has 0 radical (unpaired) electrons. The first-order chi connectivity index (χ1) is 7.99. The highest BCUT2D eigenvalue weighted by atomic mass is 19.4. The van der Waals surface area contributed by atoms with Gasteiger partial charge in [-0.25, -0.2) is 9.97 Å². The number of nitrogens with two attached hydrogens (primary N) is 1. The molecule has 1 aromatic rings. The predicted octanol–water partition coefficient (Wildman–Crippen LogP) is 1.57. The van der Waals surface area contributed by atoms with Crippen molar-refractivity contribution < 1.29 is 17.9 Å². The Kier molecular flexibility index (Phi) is 4.83. The van der Waals surface area contributed by atoms with E-state index in [0.717, 1.165) is 0 Å². The van der Waals surface area contributed by atoms with Crippen LogP contribution in [0.15, 0.2) is 12.4 Å². The lowest BCUT2D eigenvalue weighted by Crippen LogP contribution is -2.17. The van der Waals surface area contributed by atoms with Crippen molar-refractivity contribution in [2.24, 2.45) is 5.73 Å². The van der Waals surface area contributed by atoms with Gasteiger partial charge in [0, 0.05) is 32.0 Å². The van der Waals surface area contributed by atoms with Gasteiger partial charge < -0.3 is 10.5 Å². The maximum absolute atomic E-state index is 12.2. The summed E-state index contributed by atoms with van der Waals surface area (Å²) in [4.78, 5) is 6.59. The van der Waals surface area contributed by atoms with E-state index in [9.17, 15) is 13.2 Å². The molecule has 17 heavy (non-hydrogen) atoms. The Balaban J connectivity index is 2.78. The van der Waals surface area contributed by atoms with Gasteiger partial charge in [0.25, 0.3) is 0 Å². The molecule has 1 atom stereocenters. The highest BCUT2D eigenvalue weighted by Crippen LogP contribution is 2.26. The molecule has 0 aliphatic heterocycles. The second kappa shape index (κ2) is 5.92. The molecule has 0 aliphatic carbocycles. The summed E-state index contributed by atoms with van der Waals surface area (Å²) in [6.45, 7) is 0.807. The van der Waals surface area contributed by atoms with E-state index in [0.29, 0.717) is 25.1 Å². The van der Waals surface area contributed by atoms with Crippen LogP contribution in [0.2, 0.25) is 0 Å². The third kappa shape index (κ3) is 3.94. The summed E-state index contributed by atoms with van der Waals surface area (Å²) in [5.74, 6) is -1.22. The number of nitrogens with zero attached hydrogens (tertiary/aromatic N) is 2. The molecule has 1 rings (SSSR count). The zero-order valence-corrected chi connectivity index (χ0v) is 9.37. The average Bonchev–Trinajstić information content (AvgIpc) is 2.29. The minimum atomic E-state index is -4.51. The van der Waals surface area contributed by atoms with Crippen LogP contribution in [-0.4, -0.2) is 30.2 Å². The summed E-state index contributed by atoms with van der Waals surface area (Å²) in [6.07, 6.45) is -1.54. The van der Waals surface area contributed by atoms with E-state index in [1.807, 2.05) is 0 Å². The van der Waals surface area contributed by atoms with Crippen LogP contribution < -0.4 is 5.73 Å². The molecular formula is C10H14F3N3O. The van der Waals surface area contributed by atoms with Gasteiger partial charge in [0.05, 0.1) is 0 Å². The first-order valence-electron chi connectivity index (χ1n) is 5.07. The lowest BCUT2D eigenvalue weighted by Gasteiger charge is -2.14. The fraction of sp³-hybridized carbons (Fsp3) is 0.600. The van der Waals surface area contributed by atoms with Crippen LogP contribution in [0.1, 0.15) is 23.7 Å². The van der Waals surface area contributed by atoms with E-state index in [-0.39, 0.29) is 5.92 Å². The minimum absolute atomic E-state index is 0.0859. The van der Waals surface area contributed by atoms with E-state index in [1.165, 1.54) is 12.4 Å². The Morgan fingerprint density at radius 2 is 1.94 bits per heavy atom. The summed E-state index contributed by atoms with van der Waals surface area (Å²) < 4.78 is 41.6. The van der Waals surface area contributed by atoms with Crippen LogP contribution in [0.3, 0.4) is 0 Å². The van der Waals surface area contributed by atoms with Gasteiger partial charge in [0.15, 0.2) is 0 Å². The molecule has 0 saturated carbocycles. The average molecular weight is 249 g/mol. The van der Waals surface area contributed by atoms with Gasteiger partial charge in [0.1, 0.15) is 0 Å². The lowest BCUT2D eigenvalue weighted by atomic mass is 9.99. The fourth-order valence-electron chi connectivity index (χ4n) is 1.38. The molecule has 0 bridgehead atoms. The molecule has 1 heterocycles. The molecule has 4 nitrogen and oxygen atoms in total. The van der Waals surface area contributed by atoms with Crippen molar-refractivity contribution in [3.8, 4) is 0 Å². The molecule has 1 aromatic heterocycles. The van der Waals surface area contributed by atoms with Crippen molar-refractivity contribution in [2.45, 2.75) is 18.5 Å². The lowest BCUT2D eigenvalue weighted by molar-refractivity contribution is -0.145. The molecule has 0 saturated heterocycles. The molecule has 2 N–H and O–H groups in total. The third-order valence-corrected chi connectivity index (χ3v) is 2.35. The summed E-state index contributed by atoms with van der Waals surface area (Å²) in [5, 5.41) is 0. The second-order valence-corrected chi connectivity index (χ2v) is 3.55. The van der Waals surface area contributed by atoms with Crippen LogP contribution in [-0.2, 0) is 10.9 Å². The Morgan fingerprint density at radius 1 is 1.35 bits per heavy atom. The number of halogens is 3. The van der Waals surface area contributed by atoms with Gasteiger partial charge in [-0.15, -0.1) is 0 Å². The van der Waals surface area contributed by atoms with Crippen LogP contribution in [0.25, 0.3) is 0 Å². The van der Waals surface area contributed by atoms with Crippen molar-refractivity contribution in [1.29, 1.82) is 0 Å². The number of hydrogen-bond donors (Lipinski definition) is 1. The van der Waals surface area contributed by atoms with Crippen molar-refractivity contribution in [1.82, 2.24) is 9.97 Å². The van der Waals surface area contributed by atoms with Crippen molar-refractivity contribution in [2.75, 3.05) is 20.3 Å². The maximum Gasteiger partial charge on any atom is 0.451 e. The monoisotopic (exact) mass is 249 g/mol. The standard InChI is InChI=1S/C10H14F3N3O/c1-17-3-2-7(4-14)8-5-15-9(16-6-8)10(11,12)13/h5-7H,2-4,14H2,1H3. The number of alkyl halides is 3. The highest BCUT2D eigenvalue weighted by molar-refractivity contribution is 5.13. The maximum atomic E-state index is 12.2. The Labute approximate surface area is 97.0 Å². The molecule has 0 aromatic carbocycles. The molecule has 7 heteroatoms. The van der Waals surface area contributed by atoms with E-state index >= 15 is 0 Å². The van der Waals surface area contributed by atoms with E-state index in [4.69, 9.17) is 10.5 Å². The summed E-state index contributed by atoms with van der Waals surface area (Å²) in [7, 11) is 1.55. The fourth-order valence-corrected chi connectivity index (χ4v) is 1.38. The van der Waals surface area contributed by atoms with Crippen LogP contribution in [0.5, 0.6) is 0 Å². The quantitative estimate of drug-likeness (QED) is 0.860. The smallest absolute Gasteiger partial charge is 0.385 e. The first kappa shape index (κ1) is 13.9. The van der Waals surface area contributed by atoms with E-state index < -0.39 is 12.0 Å². The zero-order valence-electron chi connectivity index (χ0n) is 9.37. The van der Waals surface area contributed by atoms with Gasteiger partial charge >= 0.3 is 6.18 Å². The number of hydrogen-bond acceptors (Lipinski definition) is 4. The van der Waals surface area contributed by atoms with Crippen molar-refractivity contribution in [3.05, 3.63) is 23.8 Å². The number of ether oxygens (including phenoxy) is 1. The highest BCUT2D eigenvalue weighted by Gasteiger charge is 2.34. The molecule has 1 unspecified atom stereocenters. The third-order valence-electron chi connectivity index (χ3n) is 2.35. The summed E-state index contributed by atoms with van der Waals surface area (Å²) in [6, 6.07) is 0.